The summed E-state index contributed by atoms with van der Waals surface area (Å²) in [7, 11) is 0. The van der Waals surface area contributed by atoms with E-state index in [1.165, 1.54) is 10.5 Å². The van der Waals surface area contributed by atoms with Crippen molar-refractivity contribution in [1.29, 1.82) is 0 Å². The zero-order valence-electron chi connectivity index (χ0n) is 9.85. The van der Waals surface area contributed by atoms with E-state index in [2.05, 4.69) is 19.1 Å². The molecule has 2 rings (SSSR count). The van der Waals surface area contributed by atoms with Crippen molar-refractivity contribution < 1.29 is 9.90 Å². The van der Waals surface area contributed by atoms with Gasteiger partial charge in [0.15, 0.2) is 0 Å². The summed E-state index contributed by atoms with van der Waals surface area (Å²) in [6.45, 7) is 2.22. The van der Waals surface area contributed by atoms with Gasteiger partial charge in [-0.3, -0.25) is 4.79 Å². The molecule has 0 aliphatic carbocycles. The Hall–Kier alpha value is -1.000. The number of fused-ring (bicyclic) bond motifs is 1. The monoisotopic (exact) mass is 251 g/mol. The van der Waals surface area contributed by atoms with Gasteiger partial charge in [-0.15, -0.1) is 11.8 Å². The third-order valence-corrected chi connectivity index (χ3v) is 4.24. The lowest BCUT2D eigenvalue weighted by molar-refractivity contribution is -0.137. The van der Waals surface area contributed by atoms with E-state index in [1.54, 1.807) is 0 Å². The van der Waals surface area contributed by atoms with Crippen LogP contribution in [0.3, 0.4) is 0 Å². The molecule has 1 aromatic carbocycles. The van der Waals surface area contributed by atoms with Crippen molar-refractivity contribution >= 4 is 17.7 Å². The summed E-state index contributed by atoms with van der Waals surface area (Å²) in [6, 6.07) is 6.10. The second kappa shape index (κ2) is 5.10. The first-order valence-electron chi connectivity index (χ1n) is 5.83. The Morgan fingerprint density at radius 3 is 3.12 bits per heavy atom. The van der Waals surface area contributed by atoms with Crippen LogP contribution < -0.4 is 5.73 Å². The second-order valence-corrected chi connectivity index (χ2v) is 6.02. The normalized spacial score (nSPS) is 20.0. The predicted octanol–water partition coefficient (Wildman–Crippen LogP) is 2.59. The molecular weight excluding hydrogens is 234 g/mol. The lowest BCUT2D eigenvalue weighted by atomic mass is 9.99. The predicted molar refractivity (Wildman–Crippen MR) is 69.3 cm³/mol. The summed E-state index contributed by atoms with van der Waals surface area (Å²) in [5.41, 5.74) is 8.41. The fraction of sp³-hybridized carbons (Fsp3) is 0.462. The van der Waals surface area contributed by atoms with Crippen LogP contribution in [0.25, 0.3) is 0 Å². The van der Waals surface area contributed by atoms with Crippen molar-refractivity contribution in [2.45, 2.75) is 42.4 Å². The molecule has 1 aliphatic rings. The van der Waals surface area contributed by atoms with E-state index in [4.69, 9.17) is 10.8 Å². The van der Waals surface area contributed by atoms with Gasteiger partial charge in [0, 0.05) is 22.6 Å². The molecule has 0 fully saturated rings. The van der Waals surface area contributed by atoms with Crippen LogP contribution in [0.4, 0.5) is 0 Å². The minimum atomic E-state index is -0.786. The van der Waals surface area contributed by atoms with Gasteiger partial charge in [0.05, 0.1) is 0 Å². The lowest BCUT2D eigenvalue weighted by Gasteiger charge is -2.12. The number of hydrogen-bond donors (Lipinski definition) is 2. The lowest BCUT2D eigenvalue weighted by Crippen LogP contribution is -2.12. The van der Waals surface area contributed by atoms with Gasteiger partial charge in [0.1, 0.15) is 0 Å². The quantitative estimate of drug-likeness (QED) is 0.863. The highest BCUT2D eigenvalue weighted by atomic mass is 32.2. The maximum Gasteiger partial charge on any atom is 0.303 e. The van der Waals surface area contributed by atoms with E-state index in [-0.39, 0.29) is 12.5 Å². The average Bonchev–Trinajstić information content (AvgIpc) is 2.64. The largest absolute Gasteiger partial charge is 0.481 e. The van der Waals surface area contributed by atoms with Gasteiger partial charge in [0.25, 0.3) is 0 Å². The van der Waals surface area contributed by atoms with E-state index >= 15 is 0 Å². The summed E-state index contributed by atoms with van der Waals surface area (Å²) < 4.78 is 0. The smallest absolute Gasteiger partial charge is 0.303 e. The van der Waals surface area contributed by atoms with Crippen molar-refractivity contribution in [3.8, 4) is 0 Å². The first-order chi connectivity index (χ1) is 8.06. The number of thioether (sulfide) groups is 1. The van der Waals surface area contributed by atoms with Crippen molar-refractivity contribution in [1.82, 2.24) is 0 Å². The number of carboxylic acid groups (broad SMARTS) is 1. The van der Waals surface area contributed by atoms with Crippen LogP contribution in [-0.4, -0.2) is 16.3 Å². The summed E-state index contributed by atoms with van der Waals surface area (Å²) in [5, 5.41) is 9.27. The van der Waals surface area contributed by atoms with Crippen LogP contribution in [0.1, 0.15) is 36.9 Å². The van der Waals surface area contributed by atoms with Crippen molar-refractivity contribution in [3.63, 3.8) is 0 Å². The number of aliphatic carboxylic acids is 1. The Balaban J connectivity index is 2.07. The first kappa shape index (κ1) is 12.5. The van der Waals surface area contributed by atoms with Gasteiger partial charge in [-0.1, -0.05) is 19.1 Å². The van der Waals surface area contributed by atoms with Crippen molar-refractivity contribution in [2.75, 3.05) is 0 Å². The average molecular weight is 251 g/mol. The maximum absolute atomic E-state index is 10.5. The van der Waals surface area contributed by atoms with E-state index in [1.807, 2.05) is 17.8 Å². The van der Waals surface area contributed by atoms with Crippen LogP contribution in [0, 0.1) is 0 Å². The van der Waals surface area contributed by atoms with Crippen molar-refractivity contribution in [3.05, 3.63) is 29.3 Å². The van der Waals surface area contributed by atoms with Crippen molar-refractivity contribution in [2.24, 2.45) is 5.73 Å². The molecule has 0 bridgehead atoms. The van der Waals surface area contributed by atoms with E-state index in [0.29, 0.717) is 11.7 Å². The van der Waals surface area contributed by atoms with Crippen LogP contribution in [0.2, 0.25) is 0 Å². The Morgan fingerprint density at radius 2 is 2.41 bits per heavy atom. The standard InChI is InChI=1S/C13H17NO2S/c1-8-6-10-7-9(2-4-12(10)17-8)11(14)3-5-13(15)16/h2,4,7-8,11H,3,5-6,14H2,1H3,(H,15,16). The molecule has 3 nitrogen and oxygen atoms in total. The summed E-state index contributed by atoms with van der Waals surface area (Å²) in [5.74, 6) is -0.786. The third-order valence-electron chi connectivity index (χ3n) is 3.02. The summed E-state index contributed by atoms with van der Waals surface area (Å²) >= 11 is 1.89. The highest BCUT2D eigenvalue weighted by Gasteiger charge is 2.19. The molecule has 1 aliphatic heterocycles. The molecule has 0 radical (unpaired) electrons. The fourth-order valence-electron chi connectivity index (χ4n) is 2.12. The Morgan fingerprint density at radius 1 is 1.65 bits per heavy atom. The molecule has 4 heteroatoms. The van der Waals surface area contributed by atoms with Gasteiger partial charge < -0.3 is 10.8 Å². The molecule has 0 amide bonds. The number of nitrogens with two attached hydrogens (primary N) is 1. The Kier molecular flexibility index (Phi) is 3.74. The first-order valence-corrected chi connectivity index (χ1v) is 6.71. The highest BCUT2D eigenvalue weighted by Crippen LogP contribution is 2.37. The molecule has 1 heterocycles. The Bertz CT molecular complexity index is 433. The molecule has 1 aromatic rings. The Labute approximate surface area is 105 Å². The number of carboxylic acids is 1. The minimum absolute atomic E-state index is 0.128. The fourth-order valence-corrected chi connectivity index (χ4v) is 3.25. The van der Waals surface area contributed by atoms with E-state index in [0.717, 1.165) is 12.0 Å². The minimum Gasteiger partial charge on any atom is -0.481 e. The zero-order chi connectivity index (χ0) is 12.4. The molecule has 92 valence electrons. The SMILES string of the molecule is CC1Cc2cc(C(N)CCC(=O)O)ccc2S1. The molecule has 3 N–H and O–H groups in total. The van der Waals surface area contributed by atoms with Gasteiger partial charge in [-0.2, -0.15) is 0 Å². The van der Waals surface area contributed by atoms with Gasteiger partial charge >= 0.3 is 5.97 Å². The van der Waals surface area contributed by atoms with Crippen LogP contribution in [0.5, 0.6) is 0 Å². The van der Waals surface area contributed by atoms with E-state index < -0.39 is 5.97 Å². The van der Waals surface area contributed by atoms with Crippen LogP contribution in [-0.2, 0) is 11.2 Å². The number of rotatable bonds is 4. The maximum atomic E-state index is 10.5. The van der Waals surface area contributed by atoms with Crippen LogP contribution in [0.15, 0.2) is 23.1 Å². The molecular formula is C13H17NO2S. The molecule has 0 aromatic heterocycles. The molecule has 17 heavy (non-hydrogen) atoms. The third kappa shape index (κ3) is 3.01. The second-order valence-electron chi connectivity index (χ2n) is 4.54. The highest BCUT2D eigenvalue weighted by molar-refractivity contribution is 8.00. The molecule has 0 saturated carbocycles. The topological polar surface area (TPSA) is 63.3 Å². The van der Waals surface area contributed by atoms with Gasteiger partial charge in [-0.25, -0.2) is 0 Å². The van der Waals surface area contributed by atoms with E-state index in [9.17, 15) is 4.79 Å². The molecule has 2 unspecified atom stereocenters. The van der Waals surface area contributed by atoms with Gasteiger partial charge in [0.2, 0.25) is 0 Å². The summed E-state index contributed by atoms with van der Waals surface area (Å²) in [6.07, 6.45) is 1.71. The van der Waals surface area contributed by atoms with Gasteiger partial charge in [-0.05, 0) is 30.0 Å². The number of benzene rings is 1. The summed E-state index contributed by atoms with van der Waals surface area (Å²) in [4.78, 5) is 11.8. The number of carbonyl (C=O) groups is 1. The molecule has 0 saturated heterocycles. The van der Waals surface area contributed by atoms with Crippen LogP contribution >= 0.6 is 11.8 Å². The zero-order valence-corrected chi connectivity index (χ0v) is 10.7. The number of hydrogen-bond acceptors (Lipinski definition) is 3. The molecule has 2 atom stereocenters. The molecule has 0 spiro atoms.